The summed E-state index contributed by atoms with van der Waals surface area (Å²) in [5, 5.41) is 7.54. The van der Waals surface area contributed by atoms with Gasteiger partial charge in [-0.15, -0.1) is 0 Å². The van der Waals surface area contributed by atoms with E-state index in [2.05, 4.69) is 56.1 Å². The first-order chi connectivity index (χ1) is 9.88. The van der Waals surface area contributed by atoms with Crippen LogP contribution in [0, 0.1) is 6.92 Å². The van der Waals surface area contributed by atoms with Crippen molar-refractivity contribution in [1.82, 2.24) is 10.2 Å². The fourth-order valence-corrected chi connectivity index (χ4v) is 3.28. The van der Waals surface area contributed by atoms with Gasteiger partial charge >= 0.3 is 0 Å². The summed E-state index contributed by atoms with van der Waals surface area (Å²) < 4.78 is 0. The van der Waals surface area contributed by atoms with E-state index in [4.69, 9.17) is 0 Å². The Balaban J connectivity index is 2.00. The zero-order chi connectivity index (χ0) is 15.2. The van der Waals surface area contributed by atoms with E-state index in [1.54, 1.807) is 0 Å². The van der Waals surface area contributed by atoms with Crippen LogP contribution in [0.2, 0.25) is 0 Å². The number of rotatable bonds is 1. The highest BCUT2D eigenvalue weighted by Crippen LogP contribution is 2.37. The molecule has 0 fully saturated rings. The van der Waals surface area contributed by atoms with E-state index in [0.717, 1.165) is 23.4 Å². The Labute approximate surface area is 125 Å². The van der Waals surface area contributed by atoms with Crippen molar-refractivity contribution < 1.29 is 4.79 Å². The van der Waals surface area contributed by atoms with Gasteiger partial charge in [-0.3, -0.25) is 9.89 Å². The Morgan fingerprint density at radius 3 is 2.57 bits per heavy atom. The van der Waals surface area contributed by atoms with Crippen LogP contribution in [0.25, 0.3) is 0 Å². The molecular weight excluding hydrogens is 260 g/mol. The fraction of sp³-hybridized carbons (Fsp3) is 0.444. The van der Waals surface area contributed by atoms with Crippen LogP contribution in [0.5, 0.6) is 0 Å². The van der Waals surface area contributed by atoms with Crippen molar-refractivity contribution in [3.8, 4) is 0 Å². The molecule has 3 nitrogen and oxygen atoms in total. The van der Waals surface area contributed by atoms with Crippen molar-refractivity contribution in [1.29, 1.82) is 0 Å². The smallest absolute Gasteiger partial charge is 0.167 e. The molecule has 3 rings (SSSR count). The second-order valence-corrected chi connectivity index (χ2v) is 7.06. The first kappa shape index (κ1) is 14.1. The standard InChI is InChI=1S/C18H22N2O/c1-11-7-5-6-8-13(11)12-9-14-16(15(21)10-12)17(20-19-14)18(2,3)4/h5-8,12H,9-10H2,1-4H3,(H,19,20). The number of aromatic amines is 1. The Morgan fingerprint density at radius 2 is 1.90 bits per heavy atom. The highest BCUT2D eigenvalue weighted by molar-refractivity contribution is 6.00. The van der Waals surface area contributed by atoms with Crippen molar-refractivity contribution in [2.45, 2.75) is 51.9 Å². The average molecular weight is 282 g/mol. The lowest BCUT2D eigenvalue weighted by Crippen LogP contribution is -2.23. The minimum Gasteiger partial charge on any atom is -0.294 e. The molecule has 0 saturated heterocycles. The molecule has 2 aromatic rings. The highest BCUT2D eigenvalue weighted by Gasteiger charge is 2.34. The summed E-state index contributed by atoms with van der Waals surface area (Å²) in [7, 11) is 0. The number of ketones is 1. The third kappa shape index (κ3) is 2.41. The van der Waals surface area contributed by atoms with Gasteiger partial charge < -0.3 is 0 Å². The van der Waals surface area contributed by atoms with Gasteiger partial charge in [-0.05, 0) is 30.4 Å². The second kappa shape index (κ2) is 4.83. The average Bonchev–Trinajstić information content (AvgIpc) is 2.83. The first-order valence-electron chi connectivity index (χ1n) is 7.54. The Hall–Kier alpha value is -1.90. The Kier molecular flexibility index (Phi) is 3.23. The summed E-state index contributed by atoms with van der Waals surface area (Å²) in [4.78, 5) is 12.6. The molecule has 0 amide bonds. The molecule has 1 unspecified atom stereocenters. The van der Waals surface area contributed by atoms with Crippen LogP contribution < -0.4 is 0 Å². The van der Waals surface area contributed by atoms with Gasteiger partial charge in [-0.1, -0.05) is 45.0 Å². The monoisotopic (exact) mass is 282 g/mol. The van der Waals surface area contributed by atoms with Crippen LogP contribution in [0.4, 0.5) is 0 Å². The number of benzene rings is 1. The largest absolute Gasteiger partial charge is 0.294 e. The molecule has 0 spiro atoms. The van der Waals surface area contributed by atoms with E-state index in [-0.39, 0.29) is 17.1 Å². The minimum absolute atomic E-state index is 0.102. The number of nitrogens with zero attached hydrogens (tertiary/aromatic N) is 1. The van der Waals surface area contributed by atoms with Crippen LogP contribution in [0.3, 0.4) is 0 Å². The lowest BCUT2D eigenvalue weighted by Gasteiger charge is -2.25. The zero-order valence-electron chi connectivity index (χ0n) is 13.2. The molecule has 1 atom stereocenters. The number of nitrogens with one attached hydrogen (secondary N) is 1. The topological polar surface area (TPSA) is 45.8 Å². The maximum Gasteiger partial charge on any atom is 0.167 e. The van der Waals surface area contributed by atoms with Gasteiger partial charge in [-0.25, -0.2) is 0 Å². The van der Waals surface area contributed by atoms with Gasteiger partial charge in [0.15, 0.2) is 5.78 Å². The molecule has 1 N–H and O–H groups in total. The van der Waals surface area contributed by atoms with Crippen LogP contribution in [0.15, 0.2) is 24.3 Å². The van der Waals surface area contributed by atoms with Crippen molar-refractivity contribution in [2.75, 3.05) is 0 Å². The van der Waals surface area contributed by atoms with Crippen LogP contribution in [-0.4, -0.2) is 16.0 Å². The molecule has 1 aromatic carbocycles. The van der Waals surface area contributed by atoms with Gasteiger partial charge in [0.1, 0.15) is 0 Å². The molecule has 0 aliphatic heterocycles. The van der Waals surface area contributed by atoms with Crippen LogP contribution >= 0.6 is 0 Å². The molecule has 1 aliphatic rings. The zero-order valence-corrected chi connectivity index (χ0v) is 13.2. The molecule has 0 radical (unpaired) electrons. The summed E-state index contributed by atoms with van der Waals surface area (Å²) in [5.41, 5.74) is 5.19. The van der Waals surface area contributed by atoms with E-state index in [1.807, 2.05) is 6.07 Å². The number of fused-ring (bicyclic) bond motifs is 1. The molecule has 1 aromatic heterocycles. The number of hydrogen-bond acceptors (Lipinski definition) is 2. The van der Waals surface area contributed by atoms with Gasteiger partial charge in [0.05, 0.1) is 11.3 Å². The number of Topliss-reactive ketones (excluding diaryl/α,β-unsaturated/α-hetero) is 1. The van der Waals surface area contributed by atoms with Crippen LogP contribution in [-0.2, 0) is 11.8 Å². The molecule has 1 aliphatic carbocycles. The quantitative estimate of drug-likeness (QED) is 0.861. The third-order valence-corrected chi connectivity index (χ3v) is 4.34. The molecular formula is C18H22N2O. The molecule has 0 saturated carbocycles. The number of hydrogen-bond donors (Lipinski definition) is 1. The second-order valence-electron chi connectivity index (χ2n) is 7.06. The van der Waals surface area contributed by atoms with E-state index in [0.29, 0.717) is 6.42 Å². The van der Waals surface area contributed by atoms with E-state index >= 15 is 0 Å². The minimum atomic E-state index is -0.102. The molecule has 3 heteroatoms. The van der Waals surface area contributed by atoms with Gasteiger partial charge in [0.25, 0.3) is 0 Å². The number of carbonyl (C=O) groups excluding carboxylic acids is 1. The Bertz CT molecular complexity index is 691. The number of aromatic nitrogens is 2. The first-order valence-corrected chi connectivity index (χ1v) is 7.54. The summed E-state index contributed by atoms with van der Waals surface area (Å²) in [6.45, 7) is 8.42. The summed E-state index contributed by atoms with van der Waals surface area (Å²) in [6.07, 6.45) is 1.45. The van der Waals surface area contributed by atoms with E-state index in [1.165, 1.54) is 11.1 Å². The maximum absolute atomic E-state index is 12.6. The van der Waals surface area contributed by atoms with Gasteiger partial charge in [0.2, 0.25) is 0 Å². The van der Waals surface area contributed by atoms with Crippen molar-refractivity contribution in [2.24, 2.45) is 0 Å². The SMILES string of the molecule is Cc1ccccc1C1CC(=O)c2c(C(C)(C)C)n[nH]c2C1. The van der Waals surface area contributed by atoms with Crippen molar-refractivity contribution in [3.63, 3.8) is 0 Å². The highest BCUT2D eigenvalue weighted by atomic mass is 16.1. The number of aryl methyl sites for hydroxylation is 1. The lowest BCUT2D eigenvalue weighted by molar-refractivity contribution is 0.0962. The number of carbonyl (C=O) groups is 1. The summed E-state index contributed by atoms with van der Waals surface area (Å²) in [5.74, 6) is 0.489. The number of H-pyrrole nitrogens is 1. The third-order valence-electron chi connectivity index (χ3n) is 4.34. The van der Waals surface area contributed by atoms with Crippen molar-refractivity contribution >= 4 is 5.78 Å². The molecule has 0 bridgehead atoms. The van der Waals surface area contributed by atoms with Crippen molar-refractivity contribution in [3.05, 3.63) is 52.3 Å². The molecule has 110 valence electrons. The fourth-order valence-electron chi connectivity index (χ4n) is 3.28. The van der Waals surface area contributed by atoms with E-state index < -0.39 is 0 Å². The molecule has 1 heterocycles. The predicted octanol–water partition coefficient (Wildman–Crippen LogP) is 3.93. The summed E-state index contributed by atoms with van der Waals surface area (Å²) >= 11 is 0. The molecule has 21 heavy (non-hydrogen) atoms. The van der Waals surface area contributed by atoms with E-state index in [9.17, 15) is 4.79 Å². The van der Waals surface area contributed by atoms with Gasteiger partial charge in [0, 0.05) is 17.5 Å². The summed E-state index contributed by atoms with van der Waals surface area (Å²) in [6, 6.07) is 8.35. The predicted molar refractivity (Wildman–Crippen MR) is 83.9 cm³/mol. The maximum atomic E-state index is 12.6. The van der Waals surface area contributed by atoms with Gasteiger partial charge in [-0.2, -0.15) is 5.10 Å². The Morgan fingerprint density at radius 1 is 1.19 bits per heavy atom. The lowest BCUT2D eigenvalue weighted by atomic mass is 9.77. The van der Waals surface area contributed by atoms with Crippen LogP contribution in [0.1, 0.15) is 66.0 Å². The normalized spacial score (nSPS) is 18.7.